The third-order valence-electron chi connectivity index (χ3n) is 2.58. The fourth-order valence-corrected chi connectivity index (χ4v) is 1.39. The lowest BCUT2D eigenvalue weighted by molar-refractivity contribution is 0.000980. The van der Waals surface area contributed by atoms with Crippen molar-refractivity contribution >= 4 is 0 Å². The molecule has 3 nitrogen and oxygen atoms in total. The third kappa shape index (κ3) is 3.73. The van der Waals surface area contributed by atoms with Gasteiger partial charge in [0.15, 0.2) is 11.6 Å². The van der Waals surface area contributed by atoms with E-state index in [0.29, 0.717) is 0 Å². The first-order valence-corrected chi connectivity index (χ1v) is 5.38. The van der Waals surface area contributed by atoms with Gasteiger partial charge in [0, 0.05) is 18.2 Å². The van der Waals surface area contributed by atoms with Gasteiger partial charge in [0.1, 0.15) is 0 Å². The first-order valence-electron chi connectivity index (χ1n) is 5.38. The van der Waals surface area contributed by atoms with Crippen LogP contribution < -0.4 is 5.32 Å². The smallest absolute Gasteiger partial charge is 0.163 e. The molecule has 0 aliphatic heterocycles. The van der Waals surface area contributed by atoms with E-state index >= 15 is 0 Å². The summed E-state index contributed by atoms with van der Waals surface area (Å²) in [6.07, 6.45) is 0. The predicted molar refractivity (Wildman–Crippen MR) is 60.5 cm³/mol. The van der Waals surface area contributed by atoms with E-state index < -0.39 is 29.9 Å². The van der Waals surface area contributed by atoms with Crippen LogP contribution in [0.5, 0.6) is 0 Å². The number of halogens is 2. The Morgan fingerprint density at radius 2 is 2.06 bits per heavy atom. The topological polar surface area (TPSA) is 52.5 Å². The molecule has 3 N–H and O–H groups in total. The van der Waals surface area contributed by atoms with Crippen LogP contribution in [0.4, 0.5) is 8.78 Å². The summed E-state index contributed by atoms with van der Waals surface area (Å²) in [6.45, 7) is 2.79. The lowest BCUT2D eigenvalue weighted by Gasteiger charge is -2.24. The lowest BCUT2D eigenvalue weighted by atomic mass is 10.0. The molecule has 1 aromatic rings. The van der Waals surface area contributed by atoms with Crippen LogP contribution in [0, 0.1) is 11.6 Å². The molecular weight excluding hydrogens is 228 g/mol. The van der Waals surface area contributed by atoms with Crippen LogP contribution in [-0.4, -0.2) is 29.0 Å². The summed E-state index contributed by atoms with van der Waals surface area (Å²) in [6, 6.07) is 3.50. The molecule has 0 radical (unpaired) electrons. The zero-order valence-electron chi connectivity index (χ0n) is 9.87. The van der Waals surface area contributed by atoms with E-state index in [9.17, 15) is 13.9 Å². The molecule has 0 aromatic heterocycles. The van der Waals surface area contributed by atoms with Gasteiger partial charge in [-0.2, -0.15) is 0 Å². The van der Waals surface area contributed by atoms with Crippen LogP contribution in [0.3, 0.4) is 0 Å². The minimum Gasteiger partial charge on any atom is -0.393 e. The van der Waals surface area contributed by atoms with E-state index in [1.54, 1.807) is 6.92 Å². The van der Waals surface area contributed by atoms with Gasteiger partial charge < -0.3 is 15.5 Å². The van der Waals surface area contributed by atoms with E-state index in [2.05, 4.69) is 5.32 Å². The minimum absolute atomic E-state index is 0.0839. The highest BCUT2D eigenvalue weighted by Crippen LogP contribution is 2.19. The number of aliphatic hydroxyl groups is 2. The predicted octanol–water partition coefficient (Wildman–Crippen LogP) is 1.36. The second-order valence-corrected chi connectivity index (χ2v) is 4.40. The van der Waals surface area contributed by atoms with E-state index in [1.165, 1.54) is 19.1 Å². The van der Waals surface area contributed by atoms with Crippen molar-refractivity contribution in [2.24, 2.45) is 0 Å². The Hall–Kier alpha value is -1.04. The van der Waals surface area contributed by atoms with Gasteiger partial charge in [-0.25, -0.2) is 8.78 Å². The van der Waals surface area contributed by atoms with Gasteiger partial charge in [0.05, 0.1) is 12.2 Å². The molecule has 0 spiro atoms. The van der Waals surface area contributed by atoms with Gasteiger partial charge in [-0.05, 0) is 19.9 Å². The maximum Gasteiger partial charge on any atom is 0.163 e. The molecule has 5 heteroatoms. The van der Waals surface area contributed by atoms with Crippen LogP contribution in [-0.2, 0) is 0 Å². The Morgan fingerprint density at radius 1 is 1.41 bits per heavy atom. The molecule has 1 rings (SSSR count). The fraction of sp³-hybridized carbons (Fsp3) is 0.500. The van der Waals surface area contributed by atoms with Gasteiger partial charge in [-0.1, -0.05) is 12.1 Å². The Kier molecular flexibility index (Phi) is 4.56. The molecule has 0 saturated heterocycles. The summed E-state index contributed by atoms with van der Waals surface area (Å²) in [5.41, 5.74) is -1.09. The summed E-state index contributed by atoms with van der Waals surface area (Å²) in [4.78, 5) is 0. The third-order valence-corrected chi connectivity index (χ3v) is 2.58. The average molecular weight is 245 g/mol. The highest BCUT2D eigenvalue weighted by atomic mass is 19.2. The van der Waals surface area contributed by atoms with Gasteiger partial charge >= 0.3 is 0 Å². The summed E-state index contributed by atoms with van der Waals surface area (Å²) in [7, 11) is 0. The largest absolute Gasteiger partial charge is 0.393 e. The maximum absolute atomic E-state index is 13.4. The molecule has 0 bridgehead atoms. The molecule has 2 unspecified atom stereocenters. The first-order chi connectivity index (χ1) is 7.87. The zero-order valence-corrected chi connectivity index (χ0v) is 9.87. The normalized spacial score (nSPS) is 16.6. The van der Waals surface area contributed by atoms with E-state index in [0.717, 1.165) is 6.07 Å². The quantitative estimate of drug-likeness (QED) is 0.734. The molecule has 0 amide bonds. The van der Waals surface area contributed by atoms with Crippen molar-refractivity contribution in [3.05, 3.63) is 35.4 Å². The van der Waals surface area contributed by atoms with Crippen molar-refractivity contribution in [3.8, 4) is 0 Å². The fourth-order valence-electron chi connectivity index (χ4n) is 1.39. The van der Waals surface area contributed by atoms with Crippen LogP contribution in [0.25, 0.3) is 0 Å². The van der Waals surface area contributed by atoms with Crippen LogP contribution in [0.1, 0.15) is 25.5 Å². The SMILES string of the molecule is CC(NCC(C)(O)CO)c1cccc(F)c1F. The van der Waals surface area contributed by atoms with Crippen molar-refractivity contribution in [1.82, 2.24) is 5.32 Å². The maximum atomic E-state index is 13.4. The number of benzene rings is 1. The van der Waals surface area contributed by atoms with Gasteiger partial charge in [0.25, 0.3) is 0 Å². The number of nitrogens with one attached hydrogen (secondary N) is 1. The molecule has 96 valence electrons. The second-order valence-electron chi connectivity index (χ2n) is 4.40. The van der Waals surface area contributed by atoms with Crippen molar-refractivity contribution in [3.63, 3.8) is 0 Å². The van der Waals surface area contributed by atoms with E-state index in [4.69, 9.17) is 5.11 Å². The Bertz CT molecular complexity index is 383. The molecule has 0 aliphatic rings. The van der Waals surface area contributed by atoms with E-state index in [-0.39, 0.29) is 12.1 Å². The molecule has 0 heterocycles. The number of rotatable bonds is 5. The van der Waals surface area contributed by atoms with Crippen LogP contribution >= 0.6 is 0 Å². The van der Waals surface area contributed by atoms with Crippen molar-refractivity contribution < 1.29 is 19.0 Å². The van der Waals surface area contributed by atoms with Gasteiger partial charge in [-0.3, -0.25) is 0 Å². The van der Waals surface area contributed by atoms with Gasteiger partial charge in [0.2, 0.25) is 0 Å². The Morgan fingerprint density at radius 3 is 2.65 bits per heavy atom. The summed E-state index contributed by atoms with van der Waals surface area (Å²) >= 11 is 0. The molecule has 0 fully saturated rings. The van der Waals surface area contributed by atoms with Crippen molar-refractivity contribution in [2.75, 3.05) is 13.2 Å². The lowest BCUT2D eigenvalue weighted by Crippen LogP contribution is -2.41. The number of hydrogen-bond acceptors (Lipinski definition) is 3. The summed E-state index contributed by atoms with van der Waals surface area (Å²) in [5.74, 6) is -1.79. The Balaban J connectivity index is 2.71. The molecule has 17 heavy (non-hydrogen) atoms. The van der Waals surface area contributed by atoms with E-state index in [1.807, 2.05) is 0 Å². The molecule has 0 saturated carbocycles. The molecule has 2 atom stereocenters. The number of hydrogen-bond donors (Lipinski definition) is 3. The molecule has 1 aromatic carbocycles. The summed E-state index contributed by atoms with van der Waals surface area (Å²) in [5, 5.41) is 21.3. The Labute approximate surface area is 99.1 Å². The number of aliphatic hydroxyl groups excluding tert-OH is 1. The standard InChI is InChI=1S/C12H17F2NO2/c1-8(15-6-12(2,17)7-16)9-4-3-5-10(13)11(9)14/h3-5,8,15-17H,6-7H2,1-2H3. The first kappa shape index (κ1) is 14.0. The monoisotopic (exact) mass is 245 g/mol. The highest BCUT2D eigenvalue weighted by Gasteiger charge is 2.21. The zero-order chi connectivity index (χ0) is 13.1. The molecular formula is C12H17F2NO2. The minimum atomic E-state index is -1.28. The summed E-state index contributed by atoms with van der Waals surface area (Å²) < 4.78 is 26.4. The van der Waals surface area contributed by atoms with Gasteiger partial charge in [-0.15, -0.1) is 0 Å². The van der Waals surface area contributed by atoms with Crippen LogP contribution in [0.2, 0.25) is 0 Å². The van der Waals surface area contributed by atoms with Crippen LogP contribution in [0.15, 0.2) is 18.2 Å². The van der Waals surface area contributed by atoms with Crippen molar-refractivity contribution in [2.45, 2.75) is 25.5 Å². The van der Waals surface area contributed by atoms with Crippen molar-refractivity contribution in [1.29, 1.82) is 0 Å². The average Bonchev–Trinajstić information content (AvgIpc) is 2.30. The second kappa shape index (κ2) is 5.53. The highest BCUT2D eigenvalue weighted by molar-refractivity contribution is 5.22. The molecule has 0 aliphatic carbocycles.